The highest BCUT2D eigenvalue weighted by molar-refractivity contribution is 5.89. The average molecular weight is 278 g/mol. The third-order valence-corrected chi connectivity index (χ3v) is 4.53. The summed E-state index contributed by atoms with van der Waals surface area (Å²) >= 11 is 0. The molecule has 1 aromatic heterocycles. The SMILES string of the molecule is O=C(Nc1cn[nH]c1)N1CC(O)CC1C1CCCCC1. The van der Waals surface area contributed by atoms with Gasteiger partial charge >= 0.3 is 6.03 Å². The largest absolute Gasteiger partial charge is 0.391 e. The third kappa shape index (κ3) is 2.80. The number of carbonyl (C=O) groups is 1. The number of likely N-dealkylation sites (tertiary alicyclic amines) is 1. The number of amides is 2. The fourth-order valence-electron chi connectivity index (χ4n) is 3.56. The number of aromatic amines is 1. The minimum absolute atomic E-state index is 0.126. The number of aliphatic hydroxyl groups excluding tert-OH is 1. The Bertz CT molecular complexity index is 442. The molecule has 0 spiro atoms. The quantitative estimate of drug-likeness (QED) is 0.773. The van der Waals surface area contributed by atoms with Crippen LogP contribution in [-0.2, 0) is 0 Å². The highest BCUT2D eigenvalue weighted by atomic mass is 16.3. The van der Waals surface area contributed by atoms with Crippen LogP contribution < -0.4 is 5.32 Å². The van der Waals surface area contributed by atoms with Gasteiger partial charge in [-0.05, 0) is 25.2 Å². The van der Waals surface area contributed by atoms with Gasteiger partial charge in [0.05, 0.1) is 18.0 Å². The highest BCUT2D eigenvalue weighted by Gasteiger charge is 2.39. The summed E-state index contributed by atoms with van der Waals surface area (Å²) in [6.07, 6.45) is 9.69. The molecule has 20 heavy (non-hydrogen) atoms. The number of carbonyl (C=O) groups excluding carboxylic acids is 1. The van der Waals surface area contributed by atoms with Crippen LogP contribution in [0.15, 0.2) is 12.4 Å². The molecule has 0 radical (unpaired) electrons. The molecule has 3 rings (SSSR count). The van der Waals surface area contributed by atoms with E-state index in [-0.39, 0.29) is 12.1 Å². The molecular weight excluding hydrogens is 256 g/mol. The zero-order valence-electron chi connectivity index (χ0n) is 11.6. The molecular formula is C14H22N4O2. The molecule has 2 unspecified atom stereocenters. The van der Waals surface area contributed by atoms with Gasteiger partial charge in [-0.25, -0.2) is 4.79 Å². The van der Waals surface area contributed by atoms with Gasteiger partial charge in [0.15, 0.2) is 0 Å². The van der Waals surface area contributed by atoms with Gasteiger partial charge in [-0.15, -0.1) is 0 Å². The Morgan fingerprint density at radius 3 is 2.90 bits per heavy atom. The van der Waals surface area contributed by atoms with E-state index in [1.807, 2.05) is 4.90 Å². The minimum Gasteiger partial charge on any atom is -0.391 e. The molecule has 2 amide bonds. The number of aromatic nitrogens is 2. The Balaban J connectivity index is 1.67. The predicted molar refractivity (Wildman–Crippen MR) is 75.3 cm³/mol. The van der Waals surface area contributed by atoms with Gasteiger partial charge < -0.3 is 15.3 Å². The summed E-state index contributed by atoms with van der Waals surface area (Å²) in [4.78, 5) is 14.2. The molecule has 1 saturated carbocycles. The maximum atomic E-state index is 12.4. The van der Waals surface area contributed by atoms with E-state index in [1.54, 1.807) is 12.4 Å². The number of nitrogens with one attached hydrogen (secondary N) is 2. The Morgan fingerprint density at radius 2 is 2.20 bits per heavy atom. The molecule has 110 valence electrons. The monoisotopic (exact) mass is 278 g/mol. The van der Waals surface area contributed by atoms with Crippen molar-refractivity contribution in [2.75, 3.05) is 11.9 Å². The van der Waals surface area contributed by atoms with E-state index in [1.165, 1.54) is 32.1 Å². The van der Waals surface area contributed by atoms with E-state index in [0.717, 1.165) is 0 Å². The van der Waals surface area contributed by atoms with Crippen molar-refractivity contribution in [2.45, 2.75) is 50.7 Å². The van der Waals surface area contributed by atoms with Crippen LogP contribution in [0.2, 0.25) is 0 Å². The van der Waals surface area contributed by atoms with Crippen molar-refractivity contribution in [1.29, 1.82) is 0 Å². The summed E-state index contributed by atoms with van der Waals surface area (Å²) in [6.45, 7) is 0.435. The first-order valence-corrected chi connectivity index (χ1v) is 7.48. The fourth-order valence-corrected chi connectivity index (χ4v) is 3.56. The van der Waals surface area contributed by atoms with Crippen LogP contribution in [0.1, 0.15) is 38.5 Å². The second-order valence-corrected chi connectivity index (χ2v) is 5.92. The number of hydrogen-bond donors (Lipinski definition) is 3. The smallest absolute Gasteiger partial charge is 0.322 e. The van der Waals surface area contributed by atoms with Crippen LogP contribution in [0.3, 0.4) is 0 Å². The van der Waals surface area contributed by atoms with E-state index >= 15 is 0 Å². The number of aliphatic hydroxyl groups is 1. The van der Waals surface area contributed by atoms with E-state index < -0.39 is 6.10 Å². The lowest BCUT2D eigenvalue weighted by atomic mass is 9.83. The number of hydrogen-bond acceptors (Lipinski definition) is 3. The molecule has 6 nitrogen and oxygen atoms in total. The Hall–Kier alpha value is -1.56. The number of nitrogens with zero attached hydrogens (tertiary/aromatic N) is 2. The topological polar surface area (TPSA) is 81.2 Å². The second-order valence-electron chi connectivity index (χ2n) is 5.92. The molecule has 3 N–H and O–H groups in total. The van der Waals surface area contributed by atoms with Crippen molar-refractivity contribution in [3.05, 3.63) is 12.4 Å². The number of anilines is 1. The lowest BCUT2D eigenvalue weighted by Gasteiger charge is -2.33. The predicted octanol–water partition coefficient (Wildman–Crippen LogP) is 1.96. The lowest BCUT2D eigenvalue weighted by Crippen LogP contribution is -2.43. The normalized spacial score (nSPS) is 27.8. The Kier molecular flexibility index (Phi) is 3.91. The van der Waals surface area contributed by atoms with Gasteiger partial charge in [0.1, 0.15) is 0 Å². The van der Waals surface area contributed by atoms with E-state index in [9.17, 15) is 9.90 Å². The number of H-pyrrole nitrogens is 1. The van der Waals surface area contributed by atoms with Crippen molar-refractivity contribution in [2.24, 2.45) is 5.92 Å². The molecule has 1 aromatic rings. The zero-order valence-corrected chi connectivity index (χ0v) is 11.6. The second kappa shape index (κ2) is 5.83. The van der Waals surface area contributed by atoms with Crippen LogP contribution in [0.5, 0.6) is 0 Å². The summed E-state index contributed by atoms with van der Waals surface area (Å²) in [6, 6.07) is 0.0516. The average Bonchev–Trinajstić information content (AvgIpc) is 3.09. The molecule has 1 aliphatic heterocycles. The summed E-state index contributed by atoms with van der Waals surface area (Å²) in [5, 5.41) is 19.3. The van der Waals surface area contributed by atoms with Crippen LogP contribution in [-0.4, -0.2) is 44.9 Å². The maximum Gasteiger partial charge on any atom is 0.322 e. The molecule has 2 fully saturated rings. The van der Waals surface area contributed by atoms with E-state index in [2.05, 4.69) is 15.5 Å². The van der Waals surface area contributed by atoms with E-state index in [4.69, 9.17) is 0 Å². The first kappa shape index (κ1) is 13.4. The highest BCUT2D eigenvalue weighted by Crippen LogP contribution is 2.34. The Labute approximate surface area is 118 Å². The van der Waals surface area contributed by atoms with Gasteiger partial charge in [-0.2, -0.15) is 5.10 Å². The maximum absolute atomic E-state index is 12.4. The number of urea groups is 1. The number of β-amino-alcohol motifs (C(OH)–C–C–N with tert-alkyl or cyclic N) is 1. The van der Waals surface area contributed by atoms with Gasteiger partial charge in [0.25, 0.3) is 0 Å². The van der Waals surface area contributed by atoms with Gasteiger partial charge in [-0.1, -0.05) is 19.3 Å². The van der Waals surface area contributed by atoms with Gasteiger partial charge in [-0.3, -0.25) is 5.10 Å². The summed E-state index contributed by atoms with van der Waals surface area (Å²) in [7, 11) is 0. The van der Waals surface area contributed by atoms with Crippen LogP contribution in [0.4, 0.5) is 10.5 Å². The van der Waals surface area contributed by atoms with Crippen molar-refractivity contribution in [3.8, 4) is 0 Å². The Morgan fingerprint density at radius 1 is 1.40 bits per heavy atom. The minimum atomic E-state index is -0.392. The summed E-state index contributed by atoms with van der Waals surface area (Å²) < 4.78 is 0. The van der Waals surface area contributed by atoms with Crippen LogP contribution in [0.25, 0.3) is 0 Å². The van der Waals surface area contributed by atoms with Crippen molar-refractivity contribution in [1.82, 2.24) is 15.1 Å². The molecule has 2 atom stereocenters. The standard InChI is InChI=1S/C14H22N4O2/c19-12-6-13(10-4-2-1-3-5-10)18(9-12)14(20)17-11-7-15-16-8-11/h7-8,10,12-13,19H,1-6,9H2,(H,15,16)(H,17,20). The molecule has 0 aromatic carbocycles. The van der Waals surface area contributed by atoms with Crippen molar-refractivity contribution >= 4 is 11.7 Å². The lowest BCUT2D eigenvalue weighted by molar-refractivity contribution is 0.164. The molecule has 2 aliphatic rings. The molecule has 0 bridgehead atoms. The molecule has 2 heterocycles. The zero-order chi connectivity index (χ0) is 13.9. The van der Waals surface area contributed by atoms with Crippen LogP contribution in [0, 0.1) is 5.92 Å². The van der Waals surface area contributed by atoms with Crippen molar-refractivity contribution < 1.29 is 9.90 Å². The van der Waals surface area contributed by atoms with Gasteiger partial charge in [0, 0.05) is 18.8 Å². The first-order chi connectivity index (χ1) is 9.74. The fraction of sp³-hybridized carbons (Fsp3) is 0.714. The van der Waals surface area contributed by atoms with Gasteiger partial charge in [0.2, 0.25) is 0 Å². The van der Waals surface area contributed by atoms with Crippen LogP contribution >= 0.6 is 0 Å². The first-order valence-electron chi connectivity index (χ1n) is 7.48. The molecule has 1 saturated heterocycles. The molecule has 1 aliphatic carbocycles. The summed E-state index contributed by atoms with van der Waals surface area (Å²) in [5.74, 6) is 0.538. The van der Waals surface area contributed by atoms with E-state index in [0.29, 0.717) is 24.6 Å². The van der Waals surface area contributed by atoms with Crippen molar-refractivity contribution in [3.63, 3.8) is 0 Å². The molecule has 6 heteroatoms. The third-order valence-electron chi connectivity index (χ3n) is 4.53. The summed E-state index contributed by atoms with van der Waals surface area (Å²) in [5.41, 5.74) is 0.666. The number of rotatable bonds is 2.